The molecule has 0 amide bonds. The van der Waals surface area contributed by atoms with E-state index in [1.54, 1.807) is 24.4 Å². The lowest BCUT2D eigenvalue weighted by Gasteiger charge is -2.05. The Morgan fingerprint density at radius 3 is 2.93 bits per heavy atom. The summed E-state index contributed by atoms with van der Waals surface area (Å²) in [5.74, 6) is 0.495. The Bertz CT molecular complexity index is 485. The van der Waals surface area contributed by atoms with Crippen LogP contribution in [-0.4, -0.2) is 17.2 Å². The van der Waals surface area contributed by atoms with Crippen LogP contribution in [0.15, 0.2) is 24.4 Å². The van der Waals surface area contributed by atoms with E-state index in [2.05, 4.69) is 4.98 Å². The van der Waals surface area contributed by atoms with Crippen molar-refractivity contribution in [2.24, 2.45) is 0 Å². The van der Waals surface area contributed by atoms with E-state index in [9.17, 15) is 5.11 Å². The molecule has 3 nitrogen and oxygen atoms in total. The topological polar surface area (TPSA) is 42.4 Å². The second-order valence-corrected chi connectivity index (χ2v) is 3.20. The monoisotopic (exact) mass is 209 g/mol. The molecular formula is C10H8ClNO2. The molecule has 0 unspecified atom stereocenters. The van der Waals surface area contributed by atoms with Crippen molar-refractivity contribution in [2.75, 3.05) is 7.11 Å². The highest BCUT2D eigenvalue weighted by atomic mass is 35.5. The summed E-state index contributed by atoms with van der Waals surface area (Å²) in [6, 6.07) is 5.04. The number of hydrogen-bond donors (Lipinski definition) is 1. The highest BCUT2D eigenvalue weighted by Gasteiger charge is 2.06. The van der Waals surface area contributed by atoms with E-state index in [4.69, 9.17) is 16.3 Å². The molecule has 4 heteroatoms. The van der Waals surface area contributed by atoms with Gasteiger partial charge in [0.15, 0.2) is 11.5 Å². The lowest BCUT2D eigenvalue weighted by Crippen LogP contribution is -1.85. The van der Waals surface area contributed by atoms with Gasteiger partial charge in [0.25, 0.3) is 0 Å². The quantitative estimate of drug-likeness (QED) is 0.735. The number of phenols is 1. The zero-order valence-electron chi connectivity index (χ0n) is 7.49. The fraction of sp³-hybridized carbons (Fsp3) is 0.100. The Balaban J connectivity index is 2.80. The third-order valence-electron chi connectivity index (χ3n) is 2.02. The highest BCUT2D eigenvalue weighted by Crippen LogP contribution is 2.33. The van der Waals surface area contributed by atoms with E-state index < -0.39 is 0 Å². The van der Waals surface area contributed by atoms with Gasteiger partial charge < -0.3 is 9.84 Å². The van der Waals surface area contributed by atoms with Gasteiger partial charge in [0.1, 0.15) is 5.15 Å². The van der Waals surface area contributed by atoms with Gasteiger partial charge in [0.05, 0.1) is 7.11 Å². The van der Waals surface area contributed by atoms with E-state index in [1.807, 2.05) is 0 Å². The Morgan fingerprint density at radius 1 is 1.43 bits per heavy atom. The van der Waals surface area contributed by atoms with Crippen molar-refractivity contribution in [3.63, 3.8) is 0 Å². The summed E-state index contributed by atoms with van der Waals surface area (Å²) in [6.45, 7) is 0. The maximum absolute atomic E-state index is 9.51. The van der Waals surface area contributed by atoms with Crippen LogP contribution in [0.3, 0.4) is 0 Å². The average Bonchev–Trinajstić information content (AvgIpc) is 2.17. The predicted octanol–water partition coefficient (Wildman–Crippen LogP) is 2.60. The summed E-state index contributed by atoms with van der Waals surface area (Å²) in [5, 5.41) is 11.5. The van der Waals surface area contributed by atoms with E-state index in [-0.39, 0.29) is 5.75 Å². The minimum absolute atomic E-state index is 0.0993. The van der Waals surface area contributed by atoms with Gasteiger partial charge in [0, 0.05) is 11.6 Å². The first kappa shape index (κ1) is 9.09. The summed E-state index contributed by atoms with van der Waals surface area (Å²) >= 11 is 5.89. The lowest BCUT2D eigenvalue weighted by atomic mass is 10.1. The first-order chi connectivity index (χ1) is 6.72. The summed E-state index contributed by atoms with van der Waals surface area (Å²) in [6.07, 6.45) is 1.59. The molecule has 0 fully saturated rings. The highest BCUT2D eigenvalue weighted by molar-refractivity contribution is 6.34. The molecule has 1 N–H and O–H groups in total. The molecule has 0 aliphatic heterocycles. The van der Waals surface area contributed by atoms with Gasteiger partial charge in [-0.1, -0.05) is 11.6 Å². The molecule has 2 aromatic rings. The standard InChI is InChI=1S/C10H8ClNO2/c1-14-9-5-7-6(4-8(9)13)2-3-12-10(7)11/h2-5,13H,1H3. The number of aromatic nitrogens is 1. The molecule has 2 rings (SSSR count). The molecule has 0 atom stereocenters. The molecule has 72 valence electrons. The molecule has 0 bridgehead atoms. The van der Waals surface area contributed by atoms with E-state index >= 15 is 0 Å². The van der Waals surface area contributed by atoms with Crippen LogP contribution in [0.4, 0.5) is 0 Å². The maximum atomic E-state index is 9.51. The number of rotatable bonds is 1. The number of ether oxygens (including phenoxy) is 1. The molecule has 1 heterocycles. The number of aromatic hydroxyl groups is 1. The van der Waals surface area contributed by atoms with E-state index in [0.717, 1.165) is 10.8 Å². The Kier molecular flexibility index (Phi) is 2.17. The number of halogens is 1. The fourth-order valence-electron chi connectivity index (χ4n) is 1.32. The van der Waals surface area contributed by atoms with Crippen LogP contribution in [0, 0.1) is 0 Å². The molecule has 14 heavy (non-hydrogen) atoms. The minimum Gasteiger partial charge on any atom is -0.504 e. The van der Waals surface area contributed by atoms with Gasteiger partial charge in [-0.25, -0.2) is 4.98 Å². The summed E-state index contributed by atoms with van der Waals surface area (Å²) in [5.41, 5.74) is 0. The van der Waals surface area contributed by atoms with Crippen LogP contribution in [0.1, 0.15) is 0 Å². The van der Waals surface area contributed by atoms with Crippen LogP contribution in [0.2, 0.25) is 5.15 Å². The Morgan fingerprint density at radius 2 is 2.21 bits per heavy atom. The van der Waals surface area contributed by atoms with Crippen LogP contribution < -0.4 is 4.74 Å². The number of fused-ring (bicyclic) bond motifs is 1. The minimum atomic E-state index is 0.0993. The third-order valence-corrected chi connectivity index (χ3v) is 2.32. The second kappa shape index (κ2) is 3.35. The van der Waals surface area contributed by atoms with Crippen molar-refractivity contribution < 1.29 is 9.84 Å². The Labute approximate surface area is 85.9 Å². The molecule has 1 aromatic carbocycles. The molecule has 0 radical (unpaired) electrons. The average molecular weight is 210 g/mol. The number of nitrogens with zero attached hydrogens (tertiary/aromatic N) is 1. The van der Waals surface area contributed by atoms with E-state index in [0.29, 0.717) is 10.9 Å². The van der Waals surface area contributed by atoms with Crippen LogP contribution in [-0.2, 0) is 0 Å². The molecule has 0 saturated carbocycles. The lowest BCUT2D eigenvalue weighted by molar-refractivity contribution is 0.374. The normalized spacial score (nSPS) is 10.4. The first-order valence-corrected chi connectivity index (χ1v) is 4.41. The predicted molar refractivity (Wildman–Crippen MR) is 55.0 cm³/mol. The van der Waals surface area contributed by atoms with Crippen molar-refractivity contribution in [3.8, 4) is 11.5 Å². The molecule has 0 spiro atoms. The van der Waals surface area contributed by atoms with Crippen molar-refractivity contribution in [3.05, 3.63) is 29.5 Å². The first-order valence-electron chi connectivity index (χ1n) is 4.03. The maximum Gasteiger partial charge on any atom is 0.161 e. The summed E-state index contributed by atoms with van der Waals surface area (Å²) in [4.78, 5) is 3.94. The third kappa shape index (κ3) is 1.36. The fourth-order valence-corrected chi connectivity index (χ4v) is 1.54. The van der Waals surface area contributed by atoms with Crippen molar-refractivity contribution in [1.82, 2.24) is 4.98 Å². The van der Waals surface area contributed by atoms with Crippen molar-refractivity contribution in [1.29, 1.82) is 0 Å². The summed E-state index contributed by atoms with van der Waals surface area (Å²) < 4.78 is 4.97. The van der Waals surface area contributed by atoms with Gasteiger partial charge in [-0.15, -0.1) is 0 Å². The smallest absolute Gasteiger partial charge is 0.161 e. The zero-order valence-corrected chi connectivity index (χ0v) is 8.25. The number of phenolic OH excluding ortho intramolecular Hbond substituents is 1. The van der Waals surface area contributed by atoms with Crippen molar-refractivity contribution in [2.45, 2.75) is 0 Å². The summed E-state index contributed by atoms with van der Waals surface area (Å²) in [7, 11) is 1.49. The van der Waals surface area contributed by atoms with Crippen LogP contribution in [0.5, 0.6) is 11.5 Å². The largest absolute Gasteiger partial charge is 0.504 e. The van der Waals surface area contributed by atoms with Crippen LogP contribution in [0.25, 0.3) is 10.8 Å². The molecule has 1 aromatic heterocycles. The van der Waals surface area contributed by atoms with E-state index in [1.165, 1.54) is 7.11 Å². The van der Waals surface area contributed by atoms with Gasteiger partial charge in [-0.2, -0.15) is 0 Å². The Hall–Kier alpha value is -1.48. The van der Waals surface area contributed by atoms with Gasteiger partial charge in [-0.05, 0) is 23.6 Å². The number of benzene rings is 1. The van der Waals surface area contributed by atoms with Gasteiger partial charge in [0.2, 0.25) is 0 Å². The van der Waals surface area contributed by atoms with Crippen LogP contribution >= 0.6 is 11.6 Å². The number of hydrogen-bond acceptors (Lipinski definition) is 3. The zero-order chi connectivity index (χ0) is 10.1. The van der Waals surface area contributed by atoms with Gasteiger partial charge in [-0.3, -0.25) is 0 Å². The molecule has 0 aliphatic carbocycles. The molecule has 0 aliphatic rings. The molecular weight excluding hydrogens is 202 g/mol. The number of pyridine rings is 1. The van der Waals surface area contributed by atoms with Crippen molar-refractivity contribution >= 4 is 22.4 Å². The second-order valence-electron chi connectivity index (χ2n) is 2.85. The molecule has 0 saturated heterocycles. The van der Waals surface area contributed by atoms with Gasteiger partial charge >= 0.3 is 0 Å². The number of methoxy groups -OCH3 is 1. The SMILES string of the molecule is COc1cc2c(Cl)nccc2cc1O.